The van der Waals surface area contributed by atoms with Crippen LogP contribution < -0.4 is 5.32 Å². The van der Waals surface area contributed by atoms with E-state index in [9.17, 15) is 13.2 Å². The Morgan fingerprint density at radius 1 is 1.10 bits per heavy atom. The van der Waals surface area contributed by atoms with Gasteiger partial charge in [-0.15, -0.1) is 0 Å². The van der Waals surface area contributed by atoms with E-state index in [0.29, 0.717) is 18.9 Å². The Morgan fingerprint density at radius 3 is 2.55 bits per heavy atom. The summed E-state index contributed by atoms with van der Waals surface area (Å²) in [5.74, 6) is 0.433. The highest BCUT2D eigenvalue weighted by molar-refractivity contribution is 5.42. The molecule has 1 heterocycles. The van der Waals surface area contributed by atoms with Gasteiger partial charge in [-0.3, -0.25) is 0 Å². The molecule has 0 bridgehead atoms. The Labute approximate surface area is 114 Å². The molecular formula is C13H14F3N3O. The third-order valence-corrected chi connectivity index (χ3v) is 2.58. The lowest BCUT2D eigenvalue weighted by Gasteiger charge is -2.03. The molecule has 20 heavy (non-hydrogen) atoms. The van der Waals surface area contributed by atoms with Gasteiger partial charge in [-0.1, -0.05) is 23.4 Å². The molecule has 0 aliphatic rings. The van der Waals surface area contributed by atoms with Gasteiger partial charge >= 0.3 is 6.18 Å². The van der Waals surface area contributed by atoms with Crippen molar-refractivity contribution < 1.29 is 17.7 Å². The van der Waals surface area contributed by atoms with Crippen molar-refractivity contribution in [2.75, 3.05) is 11.9 Å². The first-order valence-corrected chi connectivity index (χ1v) is 6.20. The van der Waals surface area contributed by atoms with Crippen molar-refractivity contribution in [2.45, 2.75) is 25.4 Å². The number of nitrogens with zero attached hydrogens (tertiary/aromatic N) is 2. The Morgan fingerprint density at radius 2 is 1.85 bits per heavy atom. The average Bonchev–Trinajstić information content (AvgIpc) is 2.85. The number of para-hydroxylation sites is 1. The summed E-state index contributed by atoms with van der Waals surface area (Å²) in [4.78, 5) is 3.93. The maximum atomic E-state index is 12.0. The van der Waals surface area contributed by atoms with Gasteiger partial charge in [-0.2, -0.15) is 18.2 Å². The van der Waals surface area contributed by atoms with Crippen LogP contribution in [0.5, 0.6) is 0 Å². The second-order valence-electron chi connectivity index (χ2n) is 4.26. The molecular weight excluding hydrogens is 271 g/mol. The van der Waals surface area contributed by atoms with Gasteiger partial charge in [-0.25, -0.2) is 0 Å². The zero-order chi connectivity index (χ0) is 14.4. The molecule has 108 valence electrons. The van der Waals surface area contributed by atoms with E-state index in [2.05, 4.69) is 15.5 Å². The molecule has 0 saturated carbocycles. The quantitative estimate of drug-likeness (QED) is 0.885. The molecule has 0 aliphatic carbocycles. The second-order valence-corrected chi connectivity index (χ2v) is 4.26. The predicted molar refractivity (Wildman–Crippen MR) is 67.3 cm³/mol. The smallest absolute Gasteiger partial charge is 0.385 e. The largest absolute Gasteiger partial charge is 0.389 e. The van der Waals surface area contributed by atoms with Crippen molar-refractivity contribution in [3.63, 3.8) is 0 Å². The number of halogens is 3. The Bertz CT molecular complexity index is 525. The van der Waals surface area contributed by atoms with Gasteiger partial charge < -0.3 is 9.84 Å². The maximum absolute atomic E-state index is 12.0. The van der Waals surface area contributed by atoms with Crippen molar-refractivity contribution in [3.8, 4) is 0 Å². The predicted octanol–water partition coefficient (Wildman–Crippen LogP) is 3.22. The second kappa shape index (κ2) is 6.40. The fourth-order valence-electron chi connectivity index (χ4n) is 1.62. The van der Waals surface area contributed by atoms with Crippen LogP contribution in [0, 0.1) is 0 Å². The van der Waals surface area contributed by atoms with Crippen LogP contribution in [-0.2, 0) is 12.8 Å². The molecule has 0 saturated heterocycles. The van der Waals surface area contributed by atoms with Crippen molar-refractivity contribution in [1.82, 2.24) is 10.1 Å². The summed E-state index contributed by atoms with van der Waals surface area (Å²) in [6.07, 6.45) is -4.92. The lowest BCUT2D eigenvalue weighted by Crippen LogP contribution is -2.09. The summed E-state index contributed by atoms with van der Waals surface area (Å²) < 4.78 is 41.0. The highest BCUT2D eigenvalue weighted by Gasteiger charge is 2.27. The fourth-order valence-corrected chi connectivity index (χ4v) is 1.62. The van der Waals surface area contributed by atoms with E-state index in [-0.39, 0.29) is 12.2 Å². The van der Waals surface area contributed by atoms with Gasteiger partial charge in [0.2, 0.25) is 5.89 Å². The van der Waals surface area contributed by atoms with Gasteiger partial charge in [0, 0.05) is 25.1 Å². The molecule has 0 fully saturated rings. The number of nitrogens with one attached hydrogen (secondary N) is 1. The topological polar surface area (TPSA) is 51.0 Å². The van der Waals surface area contributed by atoms with E-state index >= 15 is 0 Å². The summed E-state index contributed by atoms with van der Waals surface area (Å²) in [5.41, 5.74) is 0.962. The van der Waals surface area contributed by atoms with Crippen molar-refractivity contribution in [3.05, 3.63) is 42.0 Å². The fraction of sp³-hybridized carbons (Fsp3) is 0.385. The zero-order valence-corrected chi connectivity index (χ0v) is 10.7. The van der Waals surface area contributed by atoms with Gasteiger partial charge in [0.25, 0.3) is 0 Å². The first kappa shape index (κ1) is 14.4. The molecule has 0 radical (unpaired) electrons. The number of aromatic nitrogens is 2. The van der Waals surface area contributed by atoms with Crippen LogP contribution in [0.1, 0.15) is 18.1 Å². The molecule has 1 N–H and O–H groups in total. The van der Waals surface area contributed by atoms with Gasteiger partial charge in [0.1, 0.15) is 0 Å². The number of aryl methyl sites for hydroxylation is 1. The molecule has 2 aromatic rings. The molecule has 2 rings (SSSR count). The summed E-state index contributed by atoms with van der Waals surface area (Å²) in [6, 6.07) is 9.57. The Hall–Kier alpha value is -2.05. The first-order chi connectivity index (χ1) is 9.53. The van der Waals surface area contributed by atoms with E-state index < -0.39 is 12.6 Å². The van der Waals surface area contributed by atoms with E-state index in [1.54, 1.807) is 0 Å². The van der Waals surface area contributed by atoms with Crippen LogP contribution in [0.25, 0.3) is 0 Å². The molecule has 1 aromatic carbocycles. The van der Waals surface area contributed by atoms with Crippen molar-refractivity contribution in [2.24, 2.45) is 0 Å². The number of hydrogen-bond acceptors (Lipinski definition) is 4. The molecule has 0 unspecified atom stereocenters. The molecule has 0 spiro atoms. The van der Waals surface area contributed by atoms with Crippen LogP contribution >= 0.6 is 0 Å². The highest BCUT2D eigenvalue weighted by atomic mass is 19.4. The van der Waals surface area contributed by atoms with E-state index in [0.717, 1.165) is 5.69 Å². The van der Waals surface area contributed by atoms with Crippen molar-refractivity contribution in [1.29, 1.82) is 0 Å². The van der Waals surface area contributed by atoms with Crippen LogP contribution in [0.3, 0.4) is 0 Å². The first-order valence-electron chi connectivity index (χ1n) is 6.20. The standard InChI is InChI=1S/C13H14F3N3O/c14-13(15,16)8-6-11-18-12(20-19-11)7-9-17-10-4-2-1-3-5-10/h1-5,17H,6-9H2. The minimum absolute atomic E-state index is 0.0945. The summed E-state index contributed by atoms with van der Waals surface area (Å²) in [5, 5.41) is 6.68. The third-order valence-electron chi connectivity index (χ3n) is 2.58. The molecule has 0 atom stereocenters. The lowest BCUT2D eigenvalue weighted by molar-refractivity contribution is -0.134. The Balaban J connectivity index is 1.75. The molecule has 7 heteroatoms. The van der Waals surface area contributed by atoms with E-state index in [1.165, 1.54) is 0 Å². The third kappa shape index (κ3) is 4.91. The van der Waals surface area contributed by atoms with E-state index in [4.69, 9.17) is 4.52 Å². The maximum Gasteiger partial charge on any atom is 0.389 e. The lowest BCUT2D eigenvalue weighted by atomic mass is 10.3. The summed E-state index contributed by atoms with van der Waals surface area (Å²) in [6.45, 7) is 0.574. The van der Waals surface area contributed by atoms with Crippen LogP contribution in [0.15, 0.2) is 34.9 Å². The van der Waals surface area contributed by atoms with Crippen molar-refractivity contribution >= 4 is 5.69 Å². The summed E-state index contributed by atoms with van der Waals surface area (Å²) in [7, 11) is 0. The van der Waals surface area contributed by atoms with Gasteiger partial charge in [-0.05, 0) is 12.1 Å². The number of hydrogen-bond donors (Lipinski definition) is 1. The minimum atomic E-state index is -4.20. The Kier molecular flexibility index (Phi) is 4.60. The molecule has 0 amide bonds. The highest BCUT2D eigenvalue weighted by Crippen LogP contribution is 2.21. The van der Waals surface area contributed by atoms with Gasteiger partial charge in [0.15, 0.2) is 5.82 Å². The molecule has 1 aromatic heterocycles. The number of rotatable bonds is 6. The van der Waals surface area contributed by atoms with E-state index in [1.807, 2.05) is 30.3 Å². The molecule has 4 nitrogen and oxygen atoms in total. The van der Waals surface area contributed by atoms with Crippen LogP contribution in [0.4, 0.5) is 18.9 Å². The van der Waals surface area contributed by atoms with Crippen LogP contribution in [-0.4, -0.2) is 22.9 Å². The van der Waals surface area contributed by atoms with Gasteiger partial charge in [0.05, 0.1) is 6.42 Å². The van der Waals surface area contributed by atoms with Crippen LogP contribution in [0.2, 0.25) is 0 Å². The molecule has 0 aliphatic heterocycles. The number of anilines is 1. The monoisotopic (exact) mass is 285 g/mol. The normalized spacial score (nSPS) is 11.6. The SMILES string of the molecule is FC(F)(F)CCc1noc(CCNc2ccccc2)n1. The number of benzene rings is 1. The zero-order valence-electron chi connectivity index (χ0n) is 10.7. The number of alkyl halides is 3. The minimum Gasteiger partial charge on any atom is -0.385 e. The summed E-state index contributed by atoms with van der Waals surface area (Å²) >= 11 is 0. The average molecular weight is 285 g/mol.